The van der Waals surface area contributed by atoms with Gasteiger partial charge in [-0.1, -0.05) is 0 Å². The summed E-state index contributed by atoms with van der Waals surface area (Å²) in [7, 11) is 1.82. The summed E-state index contributed by atoms with van der Waals surface area (Å²) in [5.41, 5.74) is 8.18. The molecule has 0 saturated carbocycles. The van der Waals surface area contributed by atoms with Crippen molar-refractivity contribution < 1.29 is 6.16 Å². The first-order chi connectivity index (χ1) is 8.19. The highest BCUT2D eigenvalue weighted by Crippen LogP contribution is 2.26. The number of aromatic nitrogens is 2. The summed E-state index contributed by atoms with van der Waals surface area (Å²) in [5.74, 6) is 1.09. The smallest absolute Gasteiger partial charge is 0.238 e. The zero-order valence-corrected chi connectivity index (χ0v) is 9.77. The van der Waals surface area contributed by atoms with Gasteiger partial charge in [0.15, 0.2) is 0 Å². The standard InChI is InChI=1S/C12H14N4O.H2/c1-8-3-6-12(16-15-8)17-9-4-5-11(14-2)10(13)7-9;/h3-7,14H,13H2,1-2H3;1H. The fourth-order valence-electron chi connectivity index (χ4n) is 1.39. The Bertz CT molecular complexity index is 516. The Morgan fingerprint density at radius 3 is 2.65 bits per heavy atom. The summed E-state index contributed by atoms with van der Waals surface area (Å²) < 4.78 is 5.53. The maximum Gasteiger partial charge on any atom is 0.238 e. The van der Waals surface area contributed by atoms with Crippen LogP contribution in [0.2, 0.25) is 0 Å². The number of benzene rings is 1. The van der Waals surface area contributed by atoms with Gasteiger partial charge in [-0.05, 0) is 25.1 Å². The fraction of sp³-hybridized carbons (Fsp3) is 0.167. The van der Waals surface area contributed by atoms with Crippen LogP contribution in [0.25, 0.3) is 0 Å². The van der Waals surface area contributed by atoms with Crippen molar-refractivity contribution in [2.45, 2.75) is 6.92 Å². The van der Waals surface area contributed by atoms with Gasteiger partial charge in [0.1, 0.15) is 5.75 Å². The number of ether oxygens (including phenoxy) is 1. The molecule has 5 heteroatoms. The lowest BCUT2D eigenvalue weighted by molar-refractivity contribution is 0.454. The van der Waals surface area contributed by atoms with Gasteiger partial charge in [-0.2, -0.15) is 5.10 Å². The normalized spacial score (nSPS) is 10.0. The monoisotopic (exact) mass is 232 g/mol. The van der Waals surface area contributed by atoms with Gasteiger partial charge < -0.3 is 15.8 Å². The molecule has 5 nitrogen and oxygen atoms in total. The molecule has 90 valence electrons. The molecule has 0 unspecified atom stereocenters. The molecule has 1 aromatic carbocycles. The van der Waals surface area contributed by atoms with E-state index in [1.165, 1.54) is 0 Å². The summed E-state index contributed by atoms with van der Waals surface area (Å²) in [5, 5.41) is 10.8. The Kier molecular flexibility index (Phi) is 3.09. The minimum absolute atomic E-state index is 0. The minimum atomic E-state index is 0. The lowest BCUT2D eigenvalue weighted by Crippen LogP contribution is -1.97. The molecule has 0 bridgehead atoms. The van der Waals surface area contributed by atoms with Crippen molar-refractivity contribution in [2.75, 3.05) is 18.1 Å². The molecule has 0 aliphatic heterocycles. The van der Waals surface area contributed by atoms with Crippen LogP contribution in [-0.2, 0) is 0 Å². The van der Waals surface area contributed by atoms with E-state index in [9.17, 15) is 0 Å². The predicted molar refractivity (Wildman–Crippen MR) is 69.4 cm³/mol. The van der Waals surface area contributed by atoms with Crippen LogP contribution < -0.4 is 15.8 Å². The zero-order valence-electron chi connectivity index (χ0n) is 9.77. The van der Waals surface area contributed by atoms with Crippen molar-refractivity contribution in [1.82, 2.24) is 10.2 Å². The highest BCUT2D eigenvalue weighted by atomic mass is 16.5. The number of hydrogen-bond acceptors (Lipinski definition) is 5. The Labute approximate surface area is 101 Å². The first-order valence-electron chi connectivity index (χ1n) is 5.24. The lowest BCUT2D eigenvalue weighted by atomic mass is 10.2. The van der Waals surface area contributed by atoms with E-state index < -0.39 is 0 Å². The van der Waals surface area contributed by atoms with Crippen molar-refractivity contribution in [3.05, 3.63) is 36.0 Å². The van der Waals surface area contributed by atoms with Gasteiger partial charge in [-0.3, -0.25) is 0 Å². The maximum absolute atomic E-state index is 5.83. The molecule has 0 saturated heterocycles. The van der Waals surface area contributed by atoms with Crippen LogP contribution in [0.3, 0.4) is 0 Å². The van der Waals surface area contributed by atoms with E-state index in [2.05, 4.69) is 15.5 Å². The summed E-state index contributed by atoms with van der Waals surface area (Å²) in [6.45, 7) is 1.87. The number of nitrogens with one attached hydrogen (secondary N) is 1. The molecule has 0 spiro atoms. The fourth-order valence-corrected chi connectivity index (χ4v) is 1.39. The van der Waals surface area contributed by atoms with Crippen LogP contribution in [-0.4, -0.2) is 17.2 Å². The van der Waals surface area contributed by atoms with E-state index in [0.717, 1.165) is 11.4 Å². The van der Waals surface area contributed by atoms with Gasteiger partial charge in [0.05, 0.1) is 17.1 Å². The van der Waals surface area contributed by atoms with Gasteiger partial charge in [0.2, 0.25) is 5.88 Å². The topological polar surface area (TPSA) is 73.1 Å². The van der Waals surface area contributed by atoms with E-state index in [0.29, 0.717) is 17.3 Å². The molecule has 0 atom stereocenters. The average Bonchev–Trinajstić information content (AvgIpc) is 2.32. The SMILES string of the molecule is CNc1ccc(Oc2ccc(C)nn2)cc1N.[HH]. The van der Waals surface area contributed by atoms with Gasteiger partial charge in [-0.25, -0.2) is 0 Å². The van der Waals surface area contributed by atoms with Gasteiger partial charge in [0.25, 0.3) is 0 Å². The third-order valence-electron chi connectivity index (χ3n) is 2.29. The van der Waals surface area contributed by atoms with E-state index in [4.69, 9.17) is 10.5 Å². The molecule has 1 aromatic heterocycles. The number of rotatable bonds is 3. The van der Waals surface area contributed by atoms with Crippen LogP contribution in [0.4, 0.5) is 11.4 Å². The number of nitrogen functional groups attached to an aromatic ring is 1. The third-order valence-corrected chi connectivity index (χ3v) is 2.29. The average molecular weight is 232 g/mol. The number of anilines is 2. The molecule has 2 rings (SSSR count). The van der Waals surface area contributed by atoms with Crippen LogP contribution in [0.1, 0.15) is 7.12 Å². The molecular weight excluding hydrogens is 216 g/mol. The van der Waals surface area contributed by atoms with E-state index >= 15 is 0 Å². The summed E-state index contributed by atoms with van der Waals surface area (Å²) in [6, 6.07) is 9.03. The molecule has 0 fully saturated rings. The van der Waals surface area contributed by atoms with Gasteiger partial charge >= 0.3 is 0 Å². The molecular formula is C12H16N4O. The second kappa shape index (κ2) is 4.69. The predicted octanol–water partition coefficient (Wildman–Crippen LogP) is 2.45. The second-order valence-corrected chi connectivity index (χ2v) is 3.61. The minimum Gasteiger partial charge on any atom is -0.437 e. The maximum atomic E-state index is 5.83. The van der Waals surface area contributed by atoms with Crippen LogP contribution in [0.15, 0.2) is 30.3 Å². The van der Waals surface area contributed by atoms with E-state index in [1.54, 1.807) is 12.1 Å². The molecule has 17 heavy (non-hydrogen) atoms. The van der Waals surface area contributed by atoms with E-state index in [1.807, 2.05) is 32.2 Å². The quantitative estimate of drug-likeness (QED) is 0.795. The summed E-state index contributed by atoms with van der Waals surface area (Å²) >= 11 is 0. The molecule has 0 amide bonds. The number of hydrogen-bond donors (Lipinski definition) is 2. The van der Waals surface area contributed by atoms with Crippen molar-refractivity contribution in [3.8, 4) is 11.6 Å². The Hall–Kier alpha value is -2.30. The largest absolute Gasteiger partial charge is 0.437 e. The molecule has 0 radical (unpaired) electrons. The highest BCUT2D eigenvalue weighted by molar-refractivity contribution is 5.67. The molecule has 0 aliphatic rings. The first-order valence-corrected chi connectivity index (χ1v) is 5.24. The Morgan fingerprint density at radius 1 is 1.24 bits per heavy atom. The molecule has 3 N–H and O–H groups in total. The highest BCUT2D eigenvalue weighted by Gasteiger charge is 2.02. The molecule has 1 heterocycles. The molecule has 0 aliphatic carbocycles. The van der Waals surface area contributed by atoms with Crippen LogP contribution in [0.5, 0.6) is 11.6 Å². The molecule has 2 aromatic rings. The zero-order chi connectivity index (χ0) is 12.3. The van der Waals surface area contributed by atoms with Crippen molar-refractivity contribution in [1.29, 1.82) is 0 Å². The van der Waals surface area contributed by atoms with Crippen LogP contribution >= 0.6 is 0 Å². The number of nitrogens with zero attached hydrogens (tertiary/aromatic N) is 2. The second-order valence-electron chi connectivity index (χ2n) is 3.61. The van der Waals surface area contributed by atoms with Crippen LogP contribution in [0, 0.1) is 6.92 Å². The number of nitrogens with two attached hydrogens (primary N) is 1. The first kappa shape index (κ1) is 11.2. The summed E-state index contributed by atoms with van der Waals surface area (Å²) in [6.07, 6.45) is 0. The lowest BCUT2D eigenvalue weighted by Gasteiger charge is -2.08. The summed E-state index contributed by atoms with van der Waals surface area (Å²) in [4.78, 5) is 0. The number of aryl methyl sites for hydroxylation is 1. The van der Waals surface area contributed by atoms with Gasteiger partial charge in [0, 0.05) is 20.6 Å². The van der Waals surface area contributed by atoms with Crippen molar-refractivity contribution in [3.63, 3.8) is 0 Å². The van der Waals surface area contributed by atoms with Crippen molar-refractivity contribution >= 4 is 11.4 Å². The third kappa shape index (κ3) is 2.63. The van der Waals surface area contributed by atoms with Gasteiger partial charge in [-0.15, -0.1) is 5.10 Å². The Morgan fingerprint density at radius 2 is 2.06 bits per heavy atom. The van der Waals surface area contributed by atoms with Crippen molar-refractivity contribution in [2.24, 2.45) is 0 Å². The van der Waals surface area contributed by atoms with E-state index in [-0.39, 0.29) is 1.43 Å². The Balaban J connectivity index is 0.00000162.